The van der Waals surface area contributed by atoms with Gasteiger partial charge in [-0.15, -0.1) is 0 Å². The highest BCUT2D eigenvalue weighted by Gasteiger charge is 2.23. The van der Waals surface area contributed by atoms with Crippen LogP contribution in [0.5, 0.6) is 5.75 Å². The van der Waals surface area contributed by atoms with Crippen LogP contribution >= 0.6 is 11.6 Å². The molecule has 8 heteroatoms. The quantitative estimate of drug-likeness (QED) is 0.592. The Balaban J connectivity index is 1.33. The average Bonchev–Trinajstić information content (AvgIpc) is 3.36. The molecule has 0 spiro atoms. The number of rotatable bonds is 6. The molecule has 0 aliphatic carbocycles. The first-order valence-corrected chi connectivity index (χ1v) is 10.8. The third kappa shape index (κ3) is 4.89. The predicted octanol–water partition coefficient (Wildman–Crippen LogP) is 4.55. The number of hydrogen-bond acceptors (Lipinski definition) is 5. The number of anilines is 2. The van der Waals surface area contributed by atoms with E-state index in [1.807, 2.05) is 31.2 Å². The van der Waals surface area contributed by atoms with Crippen molar-refractivity contribution in [3.05, 3.63) is 77.2 Å². The summed E-state index contributed by atoms with van der Waals surface area (Å²) >= 11 is 6.18. The van der Waals surface area contributed by atoms with Crippen molar-refractivity contribution in [1.29, 1.82) is 0 Å². The lowest BCUT2D eigenvalue weighted by Gasteiger charge is -2.35. The molecule has 1 aromatic heterocycles. The Labute approximate surface area is 191 Å². The van der Waals surface area contributed by atoms with Gasteiger partial charge in [-0.25, -0.2) is 0 Å². The van der Waals surface area contributed by atoms with Gasteiger partial charge in [0.15, 0.2) is 5.76 Å². The van der Waals surface area contributed by atoms with Crippen molar-refractivity contribution >= 4 is 34.8 Å². The molecule has 166 valence electrons. The van der Waals surface area contributed by atoms with E-state index in [1.165, 1.54) is 6.26 Å². The standard InChI is InChI=1S/C24H24ClN3O4/c1-2-31-21-10-5-17(16-20(21)25)23(29)26-18-6-8-19(9-7-18)27-11-13-28(14-12-27)24(30)22-4-3-15-32-22/h3-10,15-16H,2,11-14H2,1H3,(H,26,29). The van der Waals surface area contributed by atoms with E-state index in [0.29, 0.717) is 47.5 Å². The van der Waals surface area contributed by atoms with Crippen LogP contribution in [0.4, 0.5) is 11.4 Å². The maximum atomic E-state index is 12.6. The minimum Gasteiger partial charge on any atom is -0.492 e. The van der Waals surface area contributed by atoms with Crippen LogP contribution in [-0.2, 0) is 0 Å². The molecule has 2 amide bonds. The fraction of sp³-hybridized carbons (Fsp3) is 0.250. The normalized spacial score (nSPS) is 13.7. The number of piperazine rings is 1. The number of ether oxygens (including phenoxy) is 1. The fourth-order valence-electron chi connectivity index (χ4n) is 3.60. The molecule has 32 heavy (non-hydrogen) atoms. The second kappa shape index (κ2) is 9.78. The summed E-state index contributed by atoms with van der Waals surface area (Å²) in [7, 11) is 0. The molecule has 0 bridgehead atoms. The molecule has 1 saturated heterocycles. The van der Waals surface area contributed by atoms with E-state index < -0.39 is 0 Å². The number of benzene rings is 2. The Morgan fingerprint density at radius 3 is 2.44 bits per heavy atom. The maximum absolute atomic E-state index is 12.6. The van der Waals surface area contributed by atoms with Crippen molar-refractivity contribution in [2.45, 2.75) is 6.92 Å². The molecule has 1 fully saturated rings. The summed E-state index contributed by atoms with van der Waals surface area (Å²) in [5.41, 5.74) is 2.19. The lowest BCUT2D eigenvalue weighted by atomic mass is 10.2. The van der Waals surface area contributed by atoms with Crippen LogP contribution in [0.1, 0.15) is 27.8 Å². The minimum absolute atomic E-state index is 0.0814. The zero-order valence-corrected chi connectivity index (χ0v) is 18.5. The zero-order valence-electron chi connectivity index (χ0n) is 17.7. The molecule has 2 heterocycles. The molecule has 0 radical (unpaired) electrons. The van der Waals surface area contributed by atoms with Crippen molar-refractivity contribution in [1.82, 2.24) is 4.90 Å². The molecule has 1 N–H and O–H groups in total. The Morgan fingerprint density at radius 1 is 1.06 bits per heavy atom. The number of carbonyl (C=O) groups is 2. The van der Waals surface area contributed by atoms with Gasteiger partial charge in [0, 0.05) is 43.1 Å². The SMILES string of the molecule is CCOc1ccc(C(=O)Nc2ccc(N3CCN(C(=O)c4ccco4)CC3)cc2)cc1Cl. The van der Waals surface area contributed by atoms with E-state index in [9.17, 15) is 9.59 Å². The van der Waals surface area contributed by atoms with Crippen molar-refractivity contribution in [2.75, 3.05) is 43.0 Å². The zero-order chi connectivity index (χ0) is 22.5. The molecule has 0 saturated carbocycles. The van der Waals surface area contributed by atoms with Gasteiger partial charge >= 0.3 is 0 Å². The summed E-state index contributed by atoms with van der Waals surface area (Å²) < 4.78 is 10.6. The topological polar surface area (TPSA) is 75.0 Å². The van der Waals surface area contributed by atoms with Crippen molar-refractivity contribution in [3.63, 3.8) is 0 Å². The van der Waals surface area contributed by atoms with Crippen LogP contribution < -0.4 is 15.0 Å². The maximum Gasteiger partial charge on any atom is 0.289 e. The average molecular weight is 454 g/mol. The number of furan rings is 1. The first kappa shape index (κ1) is 21.8. The van der Waals surface area contributed by atoms with Crippen LogP contribution in [0.2, 0.25) is 5.02 Å². The smallest absolute Gasteiger partial charge is 0.289 e. The summed E-state index contributed by atoms with van der Waals surface area (Å²) in [6.45, 7) is 5.08. The lowest BCUT2D eigenvalue weighted by molar-refractivity contribution is 0.0714. The number of nitrogens with one attached hydrogen (secondary N) is 1. The molecule has 0 atom stereocenters. The lowest BCUT2D eigenvalue weighted by Crippen LogP contribution is -2.48. The monoisotopic (exact) mass is 453 g/mol. The number of hydrogen-bond donors (Lipinski definition) is 1. The minimum atomic E-state index is -0.243. The van der Waals surface area contributed by atoms with Crippen molar-refractivity contribution in [2.24, 2.45) is 0 Å². The van der Waals surface area contributed by atoms with Crippen LogP contribution in [0, 0.1) is 0 Å². The van der Waals surface area contributed by atoms with E-state index in [2.05, 4.69) is 10.2 Å². The van der Waals surface area contributed by atoms with Gasteiger partial charge in [-0.3, -0.25) is 9.59 Å². The summed E-state index contributed by atoms with van der Waals surface area (Å²) in [5, 5.41) is 3.29. The van der Waals surface area contributed by atoms with E-state index in [4.69, 9.17) is 20.8 Å². The second-order valence-corrected chi connectivity index (χ2v) is 7.74. The van der Waals surface area contributed by atoms with Crippen LogP contribution in [0.25, 0.3) is 0 Å². The number of nitrogens with zero attached hydrogens (tertiary/aromatic N) is 2. The molecular weight excluding hydrogens is 430 g/mol. The number of halogens is 1. The molecule has 2 aromatic carbocycles. The summed E-state index contributed by atoms with van der Waals surface area (Å²) in [6.07, 6.45) is 1.51. The molecule has 0 unspecified atom stereocenters. The van der Waals surface area contributed by atoms with E-state index >= 15 is 0 Å². The fourth-order valence-corrected chi connectivity index (χ4v) is 3.83. The van der Waals surface area contributed by atoms with Crippen LogP contribution in [0.15, 0.2) is 65.3 Å². The number of amides is 2. The van der Waals surface area contributed by atoms with E-state index in [-0.39, 0.29) is 11.8 Å². The van der Waals surface area contributed by atoms with Crippen LogP contribution in [-0.4, -0.2) is 49.5 Å². The van der Waals surface area contributed by atoms with Gasteiger partial charge in [0.2, 0.25) is 0 Å². The summed E-state index contributed by atoms with van der Waals surface area (Å²) in [5.74, 6) is 0.600. The van der Waals surface area contributed by atoms with Gasteiger partial charge in [-0.1, -0.05) is 11.6 Å². The Hall–Kier alpha value is -3.45. The first-order valence-electron chi connectivity index (χ1n) is 10.5. The van der Waals surface area contributed by atoms with E-state index in [1.54, 1.807) is 35.2 Å². The Kier molecular flexibility index (Phi) is 6.66. The van der Waals surface area contributed by atoms with E-state index in [0.717, 1.165) is 18.8 Å². The predicted molar refractivity (Wildman–Crippen MR) is 124 cm³/mol. The highest BCUT2D eigenvalue weighted by atomic mass is 35.5. The molecular formula is C24H24ClN3O4. The number of carbonyl (C=O) groups excluding carboxylic acids is 2. The van der Waals surface area contributed by atoms with Crippen molar-refractivity contribution in [3.8, 4) is 5.75 Å². The van der Waals surface area contributed by atoms with Gasteiger partial charge in [0.05, 0.1) is 17.9 Å². The Morgan fingerprint density at radius 2 is 1.81 bits per heavy atom. The van der Waals surface area contributed by atoms with Crippen LogP contribution in [0.3, 0.4) is 0 Å². The van der Waals surface area contributed by atoms with Gasteiger partial charge in [-0.05, 0) is 61.5 Å². The van der Waals surface area contributed by atoms with Gasteiger partial charge in [0.25, 0.3) is 11.8 Å². The first-order chi connectivity index (χ1) is 15.5. The van der Waals surface area contributed by atoms with Gasteiger partial charge < -0.3 is 24.3 Å². The molecule has 7 nitrogen and oxygen atoms in total. The molecule has 3 aromatic rings. The highest BCUT2D eigenvalue weighted by Crippen LogP contribution is 2.26. The summed E-state index contributed by atoms with van der Waals surface area (Å²) in [4.78, 5) is 29.0. The van der Waals surface area contributed by atoms with Crippen molar-refractivity contribution < 1.29 is 18.7 Å². The highest BCUT2D eigenvalue weighted by molar-refractivity contribution is 6.32. The molecule has 4 rings (SSSR count). The van der Waals surface area contributed by atoms with Gasteiger partial charge in [-0.2, -0.15) is 0 Å². The van der Waals surface area contributed by atoms with Gasteiger partial charge in [0.1, 0.15) is 5.75 Å². The Bertz CT molecular complexity index is 1080. The molecule has 1 aliphatic rings. The third-order valence-corrected chi connectivity index (χ3v) is 5.58. The third-order valence-electron chi connectivity index (χ3n) is 5.28. The summed E-state index contributed by atoms with van der Waals surface area (Å²) in [6, 6.07) is 16.0. The molecule has 1 aliphatic heterocycles. The second-order valence-electron chi connectivity index (χ2n) is 7.34. The largest absolute Gasteiger partial charge is 0.492 e.